The van der Waals surface area contributed by atoms with E-state index in [0.29, 0.717) is 27.0 Å². The minimum Gasteiger partial charge on any atom is -0.483 e. The van der Waals surface area contributed by atoms with Crippen molar-refractivity contribution in [3.63, 3.8) is 0 Å². The van der Waals surface area contributed by atoms with Crippen LogP contribution in [-0.2, 0) is 26.2 Å². The van der Waals surface area contributed by atoms with Gasteiger partial charge in [0.2, 0.25) is 15.9 Å². The maximum atomic E-state index is 15.1. The third kappa shape index (κ3) is 7.26. The lowest BCUT2D eigenvalue weighted by Crippen LogP contribution is -2.41. The van der Waals surface area contributed by atoms with Crippen molar-refractivity contribution in [3.05, 3.63) is 69.0 Å². The van der Waals surface area contributed by atoms with Gasteiger partial charge in [0.05, 0.1) is 22.0 Å². The molecule has 3 heterocycles. The highest BCUT2D eigenvalue weighted by Crippen LogP contribution is 2.29. The number of carbonyl (C=O) groups is 2. The Morgan fingerprint density at radius 2 is 2.05 bits per heavy atom. The van der Waals surface area contributed by atoms with Crippen molar-refractivity contribution in [3.8, 4) is 5.69 Å². The van der Waals surface area contributed by atoms with Crippen LogP contribution in [0.3, 0.4) is 0 Å². The summed E-state index contributed by atoms with van der Waals surface area (Å²) in [5.41, 5.74) is 1.19. The first-order valence-electron chi connectivity index (χ1n) is 11.3. The lowest BCUT2D eigenvalue weighted by Gasteiger charge is -2.19. The van der Waals surface area contributed by atoms with Crippen LogP contribution in [0.2, 0.25) is 4.34 Å². The zero-order chi connectivity index (χ0) is 28.0. The van der Waals surface area contributed by atoms with Gasteiger partial charge in [-0.2, -0.15) is 4.72 Å². The predicted molar refractivity (Wildman–Crippen MR) is 145 cm³/mol. The Labute approximate surface area is 229 Å². The molecule has 3 aromatic rings. The molecular weight excluding hydrogens is 557 g/mol. The van der Waals surface area contributed by atoms with Crippen molar-refractivity contribution in [2.75, 3.05) is 25.5 Å². The first-order chi connectivity index (χ1) is 18.0. The van der Waals surface area contributed by atoms with Crippen LogP contribution in [0.4, 0.5) is 10.1 Å². The van der Waals surface area contributed by atoms with Crippen LogP contribution in [-0.4, -0.2) is 67.0 Å². The van der Waals surface area contributed by atoms with Crippen LogP contribution < -0.4 is 9.62 Å². The maximum absolute atomic E-state index is 15.1. The SMILES string of the molecule is C/C(=C\S(=O)(=O)N[C@H]1CCN(c2ccc(-n3ccnc3CN(C)C)cc2F)C1=O)c1ccc(Cl)s1.O=CO. The first kappa shape index (κ1) is 29.5. The summed E-state index contributed by atoms with van der Waals surface area (Å²) in [7, 11) is -0.0711. The van der Waals surface area contributed by atoms with Crippen LogP contribution in [0.5, 0.6) is 0 Å². The average molecular weight is 584 g/mol. The number of nitrogens with zero attached hydrogens (tertiary/aromatic N) is 4. The molecular formula is C24H27ClFN5O5S2. The molecule has 0 bridgehead atoms. The Kier molecular flexibility index (Phi) is 9.79. The van der Waals surface area contributed by atoms with Gasteiger partial charge in [0.25, 0.3) is 6.47 Å². The average Bonchev–Trinajstić information content (AvgIpc) is 3.55. The van der Waals surface area contributed by atoms with Gasteiger partial charge in [0.15, 0.2) is 0 Å². The van der Waals surface area contributed by atoms with Crippen molar-refractivity contribution >= 4 is 56.6 Å². The number of halogens is 2. The maximum Gasteiger partial charge on any atom is 0.290 e. The molecule has 1 aromatic carbocycles. The fourth-order valence-corrected chi connectivity index (χ4v) is 6.28. The molecule has 0 aliphatic carbocycles. The molecule has 0 unspecified atom stereocenters. The van der Waals surface area contributed by atoms with Gasteiger partial charge in [-0.3, -0.25) is 9.59 Å². The number of imidazole rings is 1. The fourth-order valence-electron chi connectivity index (χ4n) is 3.91. The van der Waals surface area contributed by atoms with Crippen molar-refractivity contribution in [2.45, 2.75) is 25.9 Å². The lowest BCUT2D eigenvalue weighted by molar-refractivity contribution is -0.123. The molecule has 0 saturated carbocycles. The molecule has 0 spiro atoms. The summed E-state index contributed by atoms with van der Waals surface area (Å²) < 4.78 is 45.1. The Morgan fingerprint density at radius 3 is 2.66 bits per heavy atom. The second kappa shape index (κ2) is 12.6. The minimum absolute atomic E-state index is 0.106. The summed E-state index contributed by atoms with van der Waals surface area (Å²) in [5.74, 6) is -0.322. The van der Waals surface area contributed by atoms with Crippen molar-refractivity contribution in [1.82, 2.24) is 19.2 Å². The summed E-state index contributed by atoms with van der Waals surface area (Å²) in [6.45, 7) is 2.18. The van der Waals surface area contributed by atoms with Gasteiger partial charge in [-0.25, -0.2) is 17.8 Å². The molecule has 2 N–H and O–H groups in total. The highest BCUT2D eigenvalue weighted by Gasteiger charge is 2.36. The summed E-state index contributed by atoms with van der Waals surface area (Å²) in [5, 5.41) is 7.97. The van der Waals surface area contributed by atoms with Crippen LogP contribution in [0.1, 0.15) is 24.0 Å². The number of anilines is 1. The van der Waals surface area contributed by atoms with Crippen molar-refractivity contribution in [1.29, 1.82) is 0 Å². The Hall–Kier alpha value is -3.10. The molecule has 0 radical (unpaired) electrons. The zero-order valence-corrected chi connectivity index (χ0v) is 23.2. The molecule has 4 rings (SSSR count). The first-order valence-corrected chi connectivity index (χ1v) is 14.0. The zero-order valence-electron chi connectivity index (χ0n) is 20.8. The number of amides is 1. The number of rotatable bonds is 8. The summed E-state index contributed by atoms with van der Waals surface area (Å²) in [6.07, 6.45) is 3.62. The number of carboxylic acid groups (broad SMARTS) is 1. The number of hydrogen-bond donors (Lipinski definition) is 2. The van der Waals surface area contributed by atoms with E-state index in [-0.39, 0.29) is 25.1 Å². The number of carbonyl (C=O) groups excluding carboxylic acids is 1. The van der Waals surface area contributed by atoms with E-state index in [1.807, 2.05) is 19.0 Å². The fraction of sp³-hybridized carbons (Fsp3) is 0.292. The van der Waals surface area contributed by atoms with Crippen LogP contribution in [0, 0.1) is 5.82 Å². The van der Waals surface area contributed by atoms with Crippen LogP contribution >= 0.6 is 22.9 Å². The molecule has 38 heavy (non-hydrogen) atoms. The number of aromatic nitrogens is 2. The number of hydrogen-bond acceptors (Lipinski definition) is 7. The number of sulfonamides is 1. The molecule has 1 aliphatic heterocycles. The lowest BCUT2D eigenvalue weighted by atomic mass is 10.2. The van der Waals surface area contributed by atoms with Gasteiger partial charge in [0.1, 0.15) is 17.7 Å². The van der Waals surface area contributed by atoms with Gasteiger partial charge in [-0.1, -0.05) is 11.6 Å². The number of allylic oxidation sites excluding steroid dienone is 1. The molecule has 1 amide bonds. The van der Waals surface area contributed by atoms with E-state index < -0.39 is 27.8 Å². The summed E-state index contributed by atoms with van der Waals surface area (Å²) in [4.78, 5) is 29.6. The molecule has 1 aliphatic rings. The van der Waals surface area contributed by atoms with E-state index >= 15 is 4.39 Å². The van der Waals surface area contributed by atoms with Gasteiger partial charge in [-0.15, -0.1) is 11.3 Å². The Bertz CT molecular complexity index is 1440. The summed E-state index contributed by atoms with van der Waals surface area (Å²) in [6, 6.07) is 7.03. The minimum atomic E-state index is -3.91. The van der Waals surface area contributed by atoms with E-state index in [9.17, 15) is 13.2 Å². The molecule has 14 heteroatoms. The van der Waals surface area contributed by atoms with Gasteiger partial charge in [0, 0.05) is 35.6 Å². The van der Waals surface area contributed by atoms with Gasteiger partial charge >= 0.3 is 0 Å². The monoisotopic (exact) mass is 583 g/mol. The third-order valence-corrected chi connectivity index (χ3v) is 8.12. The van der Waals surface area contributed by atoms with E-state index in [4.69, 9.17) is 21.5 Å². The molecule has 1 atom stereocenters. The third-order valence-electron chi connectivity index (χ3n) is 5.48. The summed E-state index contributed by atoms with van der Waals surface area (Å²) >= 11 is 7.19. The highest BCUT2D eigenvalue weighted by atomic mass is 35.5. The van der Waals surface area contributed by atoms with E-state index in [2.05, 4.69) is 9.71 Å². The smallest absolute Gasteiger partial charge is 0.290 e. The van der Waals surface area contributed by atoms with Crippen LogP contribution in [0.25, 0.3) is 11.3 Å². The van der Waals surface area contributed by atoms with E-state index in [1.165, 1.54) is 28.4 Å². The number of nitrogens with one attached hydrogen (secondary N) is 1. The molecule has 1 fully saturated rings. The normalized spacial score (nSPS) is 16.1. The standard InChI is InChI=1S/C23H25ClFN5O3S2.CH2O2/c1-15(20-6-7-21(24)34-20)14-35(32,33)27-18-8-10-30(23(18)31)19-5-4-16(12-17(19)25)29-11-9-26-22(29)13-28(2)3;2-1-3/h4-7,9,11-12,14,18,27H,8,10,13H2,1-3H3;1H,(H,2,3)/b15-14+;/t18-;/m0./s1. The van der Waals surface area contributed by atoms with Crippen molar-refractivity contribution < 1.29 is 27.5 Å². The topological polar surface area (TPSA) is 125 Å². The van der Waals surface area contributed by atoms with E-state index in [0.717, 1.165) is 11.2 Å². The molecule has 2 aromatic heterocycles. The Morgan fingerprint density at radius 1 is 1.34 bits per heavy atom. The molecule has 10 nitrogen and oxygen atoms in total. The predicted octanol–water partition coefficient (Wildman–Crippen LogP) is 3.57. The Balaban J connectivity index is 0.00000127. The highest BCUT2D eigenvalue weighted by molar-refractivity contribution is 7.92. The molecule has 1 saturated heterocycles. The quantitative estimate of drug-likeness (QED) is 0.388. The number of benzene rings is 1. The van der Waals surface area contributed by atoms with Gasteiger partial charge in [-0.05, 0) is 57.3 Å². The largest absolute Gasteiger partial charge is 0.483 e. The van der Waals surface area contributed by atoms with E-state index in [1.54, 1.807) is 42.1 Å². The second-order valence-corrected chi connectivity index (χ2v) is 11.9. The second-order valence-electron chi connectivity index (χ2n) is 8.59. The van der Waals surface area contributed by atoms with Crippen LogP contribution in [0.15, 0.2) is 48.1 Å². The van der Waals surface area contributed by atoms with Crippen molar-refractivity contribution in [2.24, 2.45) is 0 Å². The molecule has 204 valence electrons. The van der Waals surface area contributed by atoms with Gasteiger partial charge < -0.3 is 19.5 Å². The number of thiophene rings is 1.